The van der Waals surface area contributed by atoms with Gasteiger partial charge in [-0.05, 0) is 53.9 Å². The fourth-order valence-corrected chi connectivity index (χ4v) is 5.07. The molecule has 7 heteroatoms. The van der Waals surface area contributed by atoms with Crippen molar-refractivity contribution in [1.29, 1.82) is 0 Å². The lowest BCUT2D eigenvalue weighted by atomic mass is 9.94. The van der Waals surface area contributed by atoms with E-state index in [1.807, 2.05) is 36.4 Å². The van der Waals surface area contributed by atoms with Crippen LogP contribution >= 0.6 is 0 Å². The number of carbonyl (C=O) groups is 3. The monoisotopic (exact) mass is 476 g/mol. The first kappa shape index (κ1) is 24.5. The highest BCUT2D eigenvalue weighted by molar-refractivity contribution is 5.86. The van der Waals surface area contributed by atoms with Crippen molar-refractivity contribution in [2.45, 2.75) is 44.1 Å². The highest BCUT2D eigenvalue weighted by atomic mass is 16.5. The van der Waals surface area contributed by atoms with E-state index in [9.17, 15) is 14.4 Å². The highest BCUT2D eigenvalue weighted by Crippen LogP contribution is 2.44. The summed E-state index contributed by atoms with van der Waals surface area (Å²) >= 11 is 0. The molecule has 0 saturated heterocycles. The van der Waals surface area contributed by atoms with Crippen LogP contribution in [0.4, 0.5) is 4.79 Å². The number of hydrogen-bond acceptors (Lipinski definition) is 4. The van der Waals surface area contributed by atoms with Gasteiger partial charge in [0.2, 0.25) is 5.91 Å². The molecule has 2 unspecified atom stereocenters. The van der Waals surface area contributed by atoms with Crippen LogP contribution in [0.25, 0.3) is 11.1 Å². The van der Waals surface area contributed by atoms with Crippen molar-refractivity contribution in [3.05, 3.63) is 71.8 Å². The number of rotatable bonds is 9. The number of allylic oxidation sites excluding steroid dienone is 2. The quantitative estimate of drug-likeness (QED) is 0.517. The lowest BCUT2D eigenvalue weighted by molar-refractivity contribution is -0.138. The third kappa shape index (κ3) is 5.91. The molecule has 2 aromatic carbocycles. The topological polar surface area (TPSA) is 95.9 Å². The molecule has 0 aliphatic heterocycles. The molecule has 35 heavy (non-hydrogen) atoms. The van der Waals surface area contributed by atoms with E-state index < -0.39 is 18.1 Å². The first-order valence-corrected chi connectivity index (χ1v) is 12.2. The van der Waals surface area contributed by atoms with Crippen LogP contribution in [0, 0.1) is 5.92 Å². The zero-order valence-electron chi connectivity index (χ0n) is 20.0. The van der Waals surface area contributed by atoms with Crippen molar-refractivity contribution in [2.24, 2.45) is 5.92 Å². The van der Waals surface area contributed by atoms with E-state index in [1.54, 1.807) is 11.9 Å². The standard InChI is InChI=1S/C28H32N2O5/c1-30(17-19-9-3-2-4-10-19)27(33)25(15-16-26(31)32)29-28(34)35-18-24-22-13-7-5-11-20(22)21-12-6-8-14-23(21)24/h2-3,5-8,11-14,19,24-25H,4,9-10,15-18H2,1H3,(H,29,34)(H,31,32). The number of ether oxygens (including phenoxy) is 1. The second-order valence-electron chi connectivity index (χ2n) is 9.32. The van der Waals surface area contributed by atoms with Crippen molar-refractivity contribution in [3.63, 3.8) is 0 Å². The van der Waals surface area contributed by atoms with Crippen LogP contribution in [0.2, 0.25) is 0 Å². The molecule has 2 amide bonds. The summed E-state index contributed by atoms with van der Waals surface area (Å²) in [6, 6.07) is 15.2. The second-order valence-corrected chi connectivity index (χ2v) is 9.32. The predicted molar refractivity (Wildman–Crippen MR) is 133 cm³/mol. The Morgan fingerprint density at radius 3 is 2.31 bits per heavy atom. The summed E-state index contributed by atoms with van der Waals surface area (Å²) in [7, 11) is 1.70. The van der Waals surface area contributed by atoms with Crippen molar-refractivity contribution in [2.75, 3.05) is 20.2 Å². The number of nitrogens with zero attached hydrogens (tertiary/aromatic N) is 1. The number of fused-ring (bicyclic) bond motifs is 3. The number of benzene rings is 2. The Hall–Kier alpha value is -3.61. The normalized spacial score (nSPS) is 17.2. The van der Waals surface area contributed by atoms with E-state index in [4.69, 9.17) is 9.84 Å². The molecule has 0 radical (unpaired) electrons. The minimum atomic E-state index is -1.02. The smallest absolute Gasteiger partial charge is 0.407 e. The van der Waals surface area contributed by atoms with E-state index >= 15 is 0 Å². The summed E-state index contributed by atoms with van der Waals surface area (Å²) in [5.74, 6) is -1.04. The highest BCUT2D eigenvalue weighted by Gasteiger charge is 2.31. The molecule has 2 aliphatic carbocycles. The zero-order valence-corrected chi connectivity index (χ0v) is 20.0. The van der Waals surface area contributed by atoms with E-state index in [-0.39, 0.29) is 31.3 Å². The molecular formula is C28H32N2O5. The van der Waals surface area contributed by atoms with Crippen molar-refractivity contribution in [1.82, 2.24) is 10.2 Å². The molecule has 2 atom stereocenters. The van der Waals surface area contributed by atoms with Crippen molar-refractivity contribution >= 4 is 18.0 Å². The van der Waals surface area contributed by atoms with Gasteiger partial charge in [-0.25, -0.2) is 4.79 Å². The van der Waals surface area contributed by atoms with Crippen LogP contribution < -0.4 is 5.32 Å². The summed E-state index contributed by atoms with van der Waals surface area (Å²) in [6.07, 6.45) is 6.26. The van der Waals surface area contributed by atoms with Crippen molar-refractivity contribution in [3.8, 4) is 11.1 Å². The molecule has 2 aliphatic rings. The molecule has 0 bridgehead atoms. The van der Waals surface area contributed by atoms with Gasteiger partial charge in [0.25, 0.3) is 0 Å². The Kier molecular flexibility index (Phi) is 7.85. The molecule has 0 saturated carbocycles. The Morgan fingerprint density at radius 2 is 1.71 bits per heavy atom. The molecule has 7 nitrogen and oxygen atoms in total. The Morgan fingerprint density at radius 1 is 1.06 bits per heavy atom. The lowest BCUT2D eigenvalue weighted by Gasteiger charge is -2.28. The van der Waals surface area contributed by atoms with Crippen molar-refractivity contribution < 1.29 is 24.2 Å². The van der Waals surface area contributed by atoms with Gasteiger partial charge in [0.15, 0.2) is 0 Å². The van der Waals surface area contributed by atoms with Gasteiger partial charge in [0, 0.05) is 25.9 Å². The number of carboxylic acid groups (broad SMARTS) is 1. The van der Waals surface area contributed by atoms with Gasteiger partial charge in [-0.15, -0.1) is 0 Å². The largest absolute Gasteiger partial charge is 0.481 e. The van der Waals surface area contributed by atoms with Gasteiger partial charge >= 0.3 is 12.1 Å². The number of likely N-dealkylation sites (N-methyl/N-ethyl adjacent to an activating group) is 1. The van der Waals surface area contributed by atoms with Crippen LogP contribution in [0.3, 0.4) is 0 Å². The predicted octanol–water partition coefficient (Wildman–Crippen LogP) is 4.57. The fraction of sp³-hybridized carbons (Fsp3) is 0.393. The maximum absolute atomic E-state index is 13.1. The van der Waals surface area contributed by atoms with Gasteiger partial charge in [0.1, 0.15) is 12.6 Å². The molecule has 0 spiro atoms. The van der Waals surface area contributed by atoms with Gasteiger partial charge in [-0.2, -0.15) is 0 Å². The number of alkyl carbamates (subject to hydrolysis) is 1. The van der Waals surface area contributed by atoms with E-state index in [1.165, 1.54) is 0 Å². The minimum absolute atomic E-state index is 0.00721. The number of aliphatic carboxylic acids is 1. The first-order valence-electron chi connectivity index (χ1n) is 12.2. The molecule has 0 fully saturated rings. The zero-order chi connectivity index (χ0) is 24.8. The molecule has 2 N–H and O–H groups in total. The Balaban J connectivity index is 1.39. The summed E-state index contributed by atoms with van der Waals surface area (Å²) < 4.78 is 5.58. The number of amides is 2. The molecule has 0 aromatic heterocycles. The van der Waals surface area contributed by atoms with Crippen LogP contribution in [-0.2, 0) is 14.3 Å². The number of carbonyl (C=O) groups excluding carboxylic acids is 2. The second kappa shape index (κ2) is 11.2. The third-order valence-corrected chi connectivity index (χ3v) is 6.87. The van der Waals surface area contributed by atoms with E-state index in [0.717, 1.165) is 41.5 Å². The minimum Gasteiger partial charge on any atom is -0.481 e. The van der Waals surface area contributed by atoms with E-state index in [0.29, 0.717) is 12.5 Å². The van der Waals surface area contributed by atoms with Gasteiger partial charge < -0.3 is 20.1 Å². The van der Waals surface area contributed by atoms with Crippen LogP contribution in [0.1, 0.15) is 49.1 Å². The first-order chi connectivity index (χ1) is 16.9. The summed E-state index contributed by atoms with van der Waals surface area (Å²) in [5, 5.41) is 11.8. The summed E-state index contributed by atoms with van der Waals surface area (Å²) in [5.41, 5.74) is 4.46. The van der Waals surface area contributed by atoms with Gasteiger partial charge in [-0.1, -0.05) is 60.7 Å². The Bertz CT molecular complexity index is 1070. The number of hydrogen-bond donors (Lipinski definition) is 2. The number of carboxylic acids is 1. The SMILES string of the molecule is CN(CC1CC=CCC1)C(=O)C(CCC(=O)O)NC(=O)OCC1c2ccccc2-c2ccccc21. The van der Waals surface area contributed by atoms with Crippen LogP contribution in [0.5, 0.6) is 0 Å². The Labute approximate surface area is 205 Å². The van der Waals surface area contributed by atoms with E-state index in [2.05, 4.69) is 29.6 Å². The lowest BCUT2D eigenvalue weighted by Crippen LogP contribution is -2.49. The third-order valence-electron chi connectivity index (χ3n) is 6.87. The van der Waals surface area contributed by atoms with Crippen LogP contribution in [0.15, 0.2) is 60.7 Å². The average Bonchev–Trinajstić information content (AvgIpc) is 3.19. The van der Waals surface area contributed by atoms with Crippen LogP contribution in [-0.4, -0.2) is 54.2 Å². The van der Waals surface area contributed by atoms with Gasteiger partial charge in [-0.3, -0.25) is 9.59 Å². The molecule has 2 aromatic rings. The molecule has 184 valence electrons. The maximum atomic E-state index is 13.1. The molecular weight excluding hydrogens is 444 g/mol. The van der Waals surface area contributed by atoms with Gasteiger partial charge in [0.05, 0.1) is 0 Å². The number of nitrogens with one attached hydrogen (secondary N) is 1. The summed E-state index contributed by atoms with van der Waals surface area (Å²) in [4.78, 5) is 38.6. The maximum Gasteiger partial charge on any atom is 0.407 e. The fourth-order valence-electron chi connectivity index (χ4n) is 5.07. The molecule has 4 rings (SSSR count). The summed E-state index contributed by atoms with van der Waals surface area (Å²) in [6.45, 7) is 0.697. The average molecular weight is 477 g/mol. The molecule has 0 heterocycles.